The van der Waals surface area contributed by atoms with Gasteiger partial charge in [0.15, 0.2) is 0 Å². The fourth-order valence-electron chi connectivity index (χ4n) is 3.13. The van der Waals surface area contributed by atoms with Crippen molar-refractivity contribution in [2.45, 2.75) is 6.92 Å². The van der Waals surface area contributed by atoms with Gasteiger partial charge in [0, 0.05) is 0 Å². The van der Waals surface area contributed by atoms with Crippen molar-refractivity contribution < 1.29 is 0 Å². The fraction of sp³-hybridized carbons (Fsp3) is 0.0435. The highest BCUT2D eigenvalue weighted by molar-refractivity contribution is 6.04. The van der Waals surface area contributed by atoms with Crippen LogP contribution in [0.25, 0.3) is 33.0 Å². The van der Waals surface area contributed by atoms with Crippen LogP contribution in [-0.2, 0) is 0 Å². The average Bonchev–Trinajstić information content (AvgIpc) is 2.62. The van der Waals surface area contributed by atoms with Crippen molar-refractivity contribution in [3.63, 3.8) is 0 Å². The van der Waals surface area contributed by atoms with Crippen LogP contribution in [0.15, 0.2) is 84.9 Å². The van der Waals surface area contributed by atoms with Crippen LogP contribution in [0.1, 0.15) is 5.56 Å². The molecule has 0 spiro atoms. The molecule has 0 atom stereocenters. The zero-order valence-electron chi connectivity index (χ0n) is 13.1. The second-order valence-corrected chi connectivity index (χ2v) is 5.85. The quantitative estimate of drug-likeness (QED) is 0.408. The minimum absolute atomic E-state index is 1.14. The summed E-state index contributed by atoms with van der Waals surface area (Å²) >= 11 is 0. The summed E-state index contributed by atoms with van der Waals surface area (Å²) in [6.45, 7) is 2.15. The molecular weight excluding hydrogens is 276 g/mol. The molecule has 0 heteroatoms. The van der Waals surface area contributed by atoms with Crippen molar-refractivity contribution in [1.29, 1.82) is 0 Å². The third-order valence-electron chi connectivity index (χ3n) is 4.24. The minimum atomic E-state index is 1.14. The molecule has 0 saturated heterocycles. The van der Waals surface area contributed by atoms with Crippen LogP contribution in [0.5, 0.6) is 0 Å². The van der Waals surface area contributed by atoms with E-state index in [1.54, 1.807) is 0 Å². The van der Waals surface area contributed by atoms with E-state index >= 15 is 0 Å². The smallest absolute Gasteiger partial charge is 0.00205 e. The Morgan fingerprint density at radius 1 is 0.739 bits per heavy atom. The summed E-state index contributed by atoms with van der Waals surface area (Å²) in [4.78, 5) is 0. The van der Waals surface area contributed by atoms with E-state index in [1.165, 1.54) is 33.0 Å². The van der Waals surface area contributed by atoms with Crippen molar-refractivity contribution in [2.24, 2.45) is 0 Å². The van der Waals surface area contributed by atoms with E-state index in [2.05, 4.69) is 85.8 Å². The van der Waals surface area contributed by atoms with Gasteiger partial charge in [-0.2, -0.15) is 0 Å². The molecule has 0 bridgehead atoms. The SMILES string of the molecule is Cc1ccc2ccc(-c3ccccc3)c(-c3[c]cccc3)c2c1. The zero-order chi connectivity index (χ0) is 15.6. The van der Waals surface area contributed by atoms with Crippen molar-refractivity contribution in [2.75, 3.05) is 0 Å². The summed E-state index contributed by atoms with van der Waals surface area (Å²) in [6, 6.07) is 33.3. The summed E-state index contributed by atoms with van der Waals surface area (Å²) in [6.07, 6.45) is 0. The topological polar surface area (TPSA) is 0 Å². The highest BCUT2D eigenvalue weighted by Gasteiger charge is 2.11. The summed E-state index contributed by atoms with van der Waals surface area (Å²) in [7, 11) is 0. The maximum absolute atomic E-state index is 3.41. The lowest BCUT2D eigenvalue weighted by molar-refractivity contribution is 1.50. The van der Waals surface area contributed by atoms with Crippen LogP contribution < -0.4 is 0 Å². The van der Waals surface area contributed by atoms with Gasteiger partial charge in [0.05, 0.1) is 0 Å². The number of benzene rings is 4. The molecule has 0 aliphatic heterocycles. The van der Waals surface area contributed by atoms with Gasteiger partial charge in [0.25, 0.3) is 0 Å². The van der Waals surface area contributed by atoms with Gasteiger partial charge in [-0.25, -0.2) is 0 Å². The molecule has 0 saturated carbocycles. The first-order valence-electron chi connectivity index (χ1n) is 7.89. The molecule has 0 nitrogen and oxygen atoms in total. The van der Waals surface area contributed by atoms with E-state index in [4.69, 9.17) is 0 Å². The third-order valence-corrected chi connectivity index (χ3v) is 4.24. The second-order valence-electron chi connectivity index (χ2n) is 5.85. The maximum Gasteiger partial charge on any atom is -0.00205 e. The molecule has 0 unspecified atom stereocenters. The standard InChI is InChI=1S/C23H17/c1-17-12-13-19-14-15-21(18-8-4-2-5-9-18)23(22(19)16-17)20-10-6-3-7-11-20/h2-10,12-16H,1H3. The van der Waals surface area contributed by atoms with Gasteiger partial charge < -0.3 is 0 Å². The Bertz CT molecular complexity index is 951. The Kier molecular flexibility index (Phi) is 3.44. The molecule has 0 fully saturated rings. The van der Waals surface area contributed by atoms with Crippen LogP contribution in [0, 0.1) is 13.0 Å². The Morgan fingerprint density at radius 2 is 1.52 bits per heavy atom. The summed E-state index contributed by atoms with van der Waals surface area (Å²) in [5, 5.41) is 2.55. The molecule has 0 aliphatic carbocycles. The molecule has 109 valence electrons. The molecule has 23 heavy (non-hydrogen) atoms. The van der Waals surface area contributed by atoms with E-state index in [0.29, 0.717) is 0 Å². The molecule has 0 amide bonds. The lowest BCUT2D eigenvalue weighted by Crippen LogP contribution is -1.88. The Morgan fingerprint density at radius 3 is 2.30 bits per heavy atom. The first-order chi connectivity index (χ1) is 11.3. The first-order valence-corrected chi connectivity index (χ1v) is 7.89. The van der Waals surface area contributed by atoms with Crippen molar-refractivity contribution in [1.82, 2.24) is 0 Å². The Balaban J connectivity index is 2.11. The number of hydrogen-bond acceptors (Lipinski definition) is 0. The molecule has 4 aromatic carbocycles. The predicted octanol–water partition coefficient (Wildman–Crippen LogP) is 6.28. The minimum Gasteiger partial charge on any atom is -0.0622 e. The van der Waals surface area contributed by atoms with Crippen molar-refractivity contribution in [3.05, 3.63) is 96.6 Å². The van der Waals surface area contributed by atoms with Gasteiger partial charge in [-0.3, -0.25) is 0 Å². The Labute approximate surface area is 137 Å². The average molecular weight is 293 g/mol. The van der Waals surface area contributed by atoms with Crippen LogP contribution in [0.4, 0.5) is 0 Å². The number of rotatable bonds is 2. The molecular formula is C23H17. The van der Waals surface area contributed by atoms with Gasteiger partial charge in [-0.15, -0.1) is 0 Å². The summed E-state index contributed by atoms with van der Waals surface area (Å²) in [5.41, 5.74) is 6.18. The molecule has 4 aromatic rings. The van der Waals surface area contributed by atoms with Crippen molar-refractivity contribution >= 4 is 10.8 Å². The largest absolute Gasteiger partial charge is 0.0622 e. The van der Waals surface area contributed by atoms with Crippen LogP contribution >= 0.6 is 0 Å². The second kappa shape index (κ2) is 5.73. The van der Waals surface area contributed by atoms with Crippen LogP contribution in [-0.4, -0.2) is 0 Å². The zero-order valence-corrected chi connectivity index (χ0v) is 13.1. The number of aryl methyl sites for hydroxylation is 1. The monoisotopic (exact) mass is 293 g/mol. The van der Waals surface area contributed by atoms with Crippen LogP contribution in [0.2, 0.25) is 0 Å². The lowest BCUT2D eigenvalue weighted by Gasteiger charge is -2.14. The van der Waals surface area contributed by atoms with E-state index in [9.17, 15) is 0 Å². The number of fused-ring (bicyclic) bond motifs is 1. The Hall–Kier alpha value is -2.86. The third kappa shape index (κ3) is 2.53. The van der Waals surface area contributed by atoms with Crippen LogP contribution in [0.3, 0.4) is 0 Å². The van der Waals surface area contributed by atoms with E-state index in [1.807, 2.05) is 12.1 Å². The lowest BCUT2D eigenvalue weighted by atomic mass is 9.89. The first kappa shape index (κ1) is 13.8. The molecule has 4 rings (SSSR count). The van der Waals surface area contributed by atoms with E-state index < -0.39 is 0 Å². The summed E-state index contributed by atoms with van der Waals surface area (Å²) in [5.74, 6) is 0. The van der Waals surface area contributed by atoms with Gasteiger partial charge in [-0.1, -0.05) is 90.5 Å². The van der Waals surface area contributed by atoms with Gasteiger partial charge in [-0.05, 0) is 46.0 Å². The highest BCUT2D eigenvalue weighted by Crippen LogP contribution is 2.38. The van der Waals surface area contributed by atoms with E-state index in [-0.39, 0.29) is 0 Å². The molecule has 0 aliphatic rings. The normalized spacial score (nSPS) is 10.8. The predicted molar refractivity (Wildman–Crippen MR) is 98.4 cm³/mol. The summed E-state index contributed by atoms with van der Waals surface area (Å²) < 4.78 is 0. The van der Waals surface area contributed by atoms with E-state index in [0.717, 1.165) is 5.56 Å². The molecule has 0 N–H and O–H groups in total. The fourth-order valence-corrected chi connectivity index (χ4v) is 3.13. The van der Waals surface area contributed by atoms with Gasteiger partial charge >= 0.3 is 0 Å². The highest BCUT2D eigenvalue weighted by atomic mass is 14.1. The van der Waals surface area contributed by atoms with Gasteiger partial charge in [0.2, 0.25) is 0 Å². The maximum atomic E-state index is 3.41. The molecule has 0 aromatic heterocycles. The van der Waals surface area contributed by atoms with Gasteiger partial charge in [0.1, 0.15) is 0 Å². The number of hydrogen-bond donors (Lipinski definition) is 0. The molecule has 0 heterocycles. The van der Waals surface area contributed by atoms with Crippen molar-refractivity contribution in [3.8, 4) is 22.3 Å². The molecule has 1 radical (unpaired) electrons.